The Hall–Kier alpha value is -1.89. The number of hydrogen-bond acceptors (Lipinski definition) is 4. The summed E-state index contributed by atoms with van der Waals surface area (Å²) in [6.45, 7) is 3.13. The molecule has 1 aliphatic rings. The minimum absolute atomic E-state index is 0.269. The highest BCUT2D eigenvalue weighted by molar-refractivity contribution is 7.14. The van der Waals surface area contributed by atoms with Crippen LogP contribution in [0.4, 0.5) is 4.79 Å². The number of rotatable bonds is 4. The molecule has 0 radical (unpaired) electrons. The van der Waals surface area contributed by atoms with Crippen LogP contribution < -0.4 is 5.32 Å². The number of halogens is 2. The van der Waals surface area contributed by atoms with Crippen molar-refractivity contribution in [2.75, 3.05) is 6.54 Å². The fourth-order valence-electron chi connectivity index (χ4n) is 2.72. The van der Waals surface area contributed by atoms with Crippen LogP contribution in [0.2, 0.25) is 10.0 Å². The van der Waals surface area contributed by atoms with Crippen molar-refractivity contribution in [3.05, 3.63) is 55.7 Å². The lowest BCUT2D eigenvalue weighted by atomic mass is 9.92. The number of imide groups is 1. The number of benzene rings is 1. The van der Waals surface area contributed by atoms with Gasteiger partial charge in [-0.2, -0.15) is 0 Å². The Morgan fingerprint density at radius 3 is 2.56 bits per heavy atom. The number of nitrogens with one attached hydrogen (secondary N) is 1. The van der Waals surface area contributed by atoms with Crippen LogP contribution in [0, 0.1) is 6.92 Å². The summed E-state index contributed by atoms with van der Waals surface area (Å²) >= 11 is 13.4. The maximum Gasteiger partial charge on any atom is 0.325 e. The Kier molecular flexibility index (Phi) is 4.62. The smallest absolute Gasteiger partial charge is 0.319 e. The molecule has 8 heteroatoms. The second-order valence-electron chi connectivity index (χ2n) is 5.90. The summed E-state index contributed by atoms with van der Waals surface area (Å²) in [5.74, 6) is -0.809. The first-order valence-electron chi connectivity index (χ1n) is 7.41. The molecule has 1 fully saturated rings. The van der Waals surface area contributed by atoms with Crippen LogP contribution in [0.3, 0.4) is 0 Å². The number of ketones is 1. The van der Waals surface area contributed by atoms with E-state index in [0.717, 1.165) is 9.78 Å². The molecule has 1 aromatic carbocycles. The van der Waals surface area contributed by atoms with E-state index in [4.69, 9.17) is 23.2 Å². The van der Waals surface area contributed by atoms with Crippen molar-refractivity contribution in [3.63, 3.8) is 0 Å². The fraction of sp³-hybridized carbons (Fsp3) is 0.235. The normalized spacial score (nSPS) is 20.1. The van der Waals surface area contributed by atoms with Crippen molar-refractivity contribution in [1.82, 2.24) is 10.2 Å². The van der Waals surface area contributed by atoms with Crippen molar-refractivity contribution in [1.29, 1.82) is 0 Å². The van der Waals surface area contributed by atoms with E-state index < -0.39 is 17.5 Å². The number of Topliss-reactive ketones (excluding diaryl/α,β-unsaturated/α-hetero) is 1. The molecule has 0 aliphatic carbocycles. The third-order valence-electron chi connectivity index (χ3n) is 4.06. The van der Waals surface area contributed by atoms with Crippen LogP contribution in [0.1, 0.15) is 27.0 Å². The van der Waals surface area contributed by atoms with E-state index in [1.807, 2.05) is 13.0 Å². The summed E-state index contributed by atoms with van der Waals surface area (Å²) in [7, 11) is 0. The molecule has 1 aliphatic heterocycles. The minimum Gasteiger partial charge on any atom is -0.319 e. The lowest BCUT2D eigenvalue weighted by molar-refractivity contribution is -0.130. The standard InChI is InChI=1S/C17H14Cl2N2O3S/c1-9-3-6-14(25-9)13(22)8-21-15(23)17(2,20-16(21)24)11-5-4-10(18)7-12(11)19/h3-7H,8H2,1-2H3,(H,20,24)/t17-/m1/s1. The molecule has 3 amide bonds. The molecule has 1 N–H and O–H groups in total. The van der Waals surface area contributed by atoms with Gasteiger partial charge in [0.25, 0.3) is 5.91 Å². The zero-order valence-electron chi connectivity index (χ0n) is 13.4. The highest BCUT2D eigenvalue weighted by Crippen LogP contribution is 2.35. The van der Waals surface area contributed by atoms with Gasteiger partial charge in [0.1, 0.15) is 5.54 Å². The molecule has 1 aromatic heterocycles. The number of urea groups is 1. The van der Waals surface area contributed by atoms with Gasteiger partial charge in [-0.1, -0.05) is 29.3 Å². The van der Waals surface area contributed by atoms with Gasteiger partial charge in [0.2, 0.25) is 0 Å². The van der Waals surface area contributed by atoms with Crippen molar-refractivity contribution >= 4 is 52.3 Å². The number of amides is 3. The topological polar surface area (TPSA) is 66.5 Å². The molecular weight excluding hydrogens is 383 g/mol. The summed E-state index contributed by atoms with van der Waals surface area (Å²) in [5, 5.41) is 3.32. The number of carbonyl (C=O) groups excluding carboxylic acids is 3. The molecule has 3 rings (SSSR count). The lowest BCUT2D eigenvalue weighted by Crippen LogP contribution is -2.41. The molecule has 0 spiro atoms. The van der Waals surface area contributed by atoms with E-state index >= 15 is 0 Å². The van der Waals surface area contributed by atoms with Gasteiger partial charge >= 0.3 is 6.03 Å². The van der Waals surface area contributed by atoms with E-state index in [2.05, 4.69) is 5.32 Å². The molecule has 25 heavy (non-hydrogen) atoms. The zero-order valence-corrected chi connectivity index (χ0v) is 15.8. The molecule has 1 atom stereocenters. The van der Waals surface area contributed by atoms with Crippen LogP contribution >= 0.6 is 34.5 Å². The van der Waals surface area contributed by atoms with E-state index in [9.17, 15) is 14.4 Å². The predicted molar refractivity (Wildman–Crippen MR) is 97.4 cm³/mol. The molecule has 1 saturated heterocycles. The molecule has 2 aromatic rings. The fourth-order valence-corrected chi connectivity index (χ4v) is 4.12. The van der Waals surface area contributed by atoms with Gasteiger partial charge < -0.3 is 5.32 Å². The third-order valence-corrected chi connectivity index (χ3v) is 5.65. The quantitative estimate of drug-likeness (QED) is 0.626. The van der Waals surface area contributed by atoms with E-state index in [1.54, 1.807) is 25.1 Å². The Labute approximate surface area is 158 Å². The molecule has 130 valence electrons. The van der Waals surface area contributed by atoms with Crippen molar-refractivity contribution < 1.29 is 14.4 Å². The van der Waals surface area contributed by atoms with E-state index in [0.29, 0.717) is 15.5 Å². The largest absolute Gasteiger partial charge is 0.325 e. The van der Waals surface area contributed by atoms with Crippen molar-refractivity contribution in [2.24, 2.45) is 0 Å². The van der Waals surface area contributed by atoms with Gasteiger partial charge in [0, 0.05) is 20.5 Å². The number of nitrogens with zero attached hydrogens (tertiary/aromatic N) is 1. The van der Waals surface area contributed by atoms with Crippen molar-refractivity contribution in [3.8, 4) is 0 Å². The van der Waals surface area contributed by atoms with Crippen LogP contribution in [0.15, 0.2) is 30.3 Å². The maximum absolute atomic E-state index is 12.8. The van der Waals surface area contributed by atoms with Crippen LogP contribution in [-0.2, 0) is 10.3 Å². The average molecular weight is 397 g/mol. The summed E-state index contributed by atoms with van der Waals surface area (Å²) < 4.78 is 0. The highest BCUT2D eigenvalue weighted by Gasteiger charge is 2.50. The molecule has 5 nitrogen and oxygen atoms in total. The van der Waals surface area contributed by atoms with Crippen LogP contribution in [0.5, 0.6) is 0 Å². The van der Waals surface area contributed by atoms with Crippen LogP contribution in [0.25, 0.3) is 0 Å². The zero-order chi connectivity index (χ0) is 18.4. The Bertz CT molecular complexity index is 896. The second kappa shape index (κ2) is 6.44. The Morgan fingerprint density at radius 1 is 1.24 bits per heavy atom. The first-order valence-corrected chi connectivity index (χ1v) is 8.99. The Morgan fingerprint density at radius 2 is 1.96 bits per heavy atom. The first kappa shape index (κ1) is 17.9. The first-order chi connectivity index (χ1) is 11.7. The van der Waals surface area contributed by atoms with Gasteiger partial charge in [-0.05, 0) is 38.1 Å². The van der Waals surface area contributed by atoms with Crippen LogP contribution in [-0.4, -0.2) is 29.2 Å². The molecular formula is C17H14Cl2N2O3S. The van der Waals surface area contributed by atoms with Gasteiger partial charge in [0.15, 0.2) is 5.78 Å². The predicted octanol–water partition coefficient (Wildman–Crippen LogP) is 4.01. The van der Waals surface area contributed by atoms with Gasteiger partial charge in [-0.25, -0.2) is 4.79 Å². The summed E-state index contributed by atoms with van der Waals surface area (Å²) in [4.78, 5) is 39.9. The summed E-state index contributed by atoms with van der Waals surface area (Å²) in [5.41, 5.74) is -0.913. The van der Waals surface area contributed by atoms with E-state index in [1.165, 1.54) is 17.4 Å². The lowest BCUT2D eigenvalue weighted by Gasteiger charge is -2.23. The number of hydrogen-bond donors (Lipinski definition) is 1. The molecule has 2 heterocycles. The minimum atomic E-state index is -1.34. The Balaban J connectivity index is 1.88. The maximum atomic E-state index is 12.8. The highest BCUT2D eigenvalue weighted by atomic mass is 35.5. The van der Waals surface area contributed by atoms with Crippen molar-refractivity contribution in [2.45, 2.75) is 19.4 Å². The van der Waals surface area contributed by atoms with Gasteiger partial charge in [-0.15, -0.1) is 11.3 Å². The molecule has 0 bridgehead atoms. The average Bonchev–Trinajstić information content (AvgIpc) is 3.05. The molecule has 0 unspecified atom stereocenters. The monoisotopic (exact) mass is 396 g/mol. The summed E-state index contributed by atoms with van der Waals surface area (Å²) in [6.07, 6.45) is 0. The van der Waals surface area contributed by atoms with Gasteiger partial charge in [0.05, 0.1) is 11.4 Å². The molecule has 0 saturated carbocycles. The number of aryl methyl sites for hydroxylation is 1. The summed E-state index contributed by atoms with van der Waals surface area (Å²) in [6, 6.07) is 7.58. The third kappa shape index (κ3) is 3.17. The SMILES string of the molecule is Cc1ccc(C(=O)CN2C(=O)N[C@](C)(c3ccc(Cl)cc3Cl)C2=O)s1. The number of carbonyl (C=O) groups is 3. The van der Waals surface area contributed by atoms with E-state index in [-0.39, 0.29) is 17.4 Å². The second-order valence-corrected chi connectivity index (χ2v) is 8.04. The number of thiophene rings is 1. The van der Waals surface area contributed by atoms with Gasteiger partial charge in [-0.3, -0.25) is 14.5 Å².